The van der Waals surface area contributed by atoms with E-state index in [2.05, 4.69) is 21.9 Å². The van der Waals surface area contributed by atoms with E-state index in [4.69, 9.17) is 27.2 Å². The number of β-amino-alcohol motifs (C(OH)–C–C–N with tert-alkyl or cyclic N) is 1. The van der Waals surface area contributed by atoms with E-state index in [0.29, 0.717) is 29.4 Å². The first-order valence-corrected chi connectivity index (χ1v) is 12.0. The summed E-state index contributed by atoms with van der Waals surface area (Å²) in [5.41, 5.74) is 8.56. The number of hydrogen-bond donors (Lipinski definition) is 3. The molecule has 0 bridgehead atoms. The highest BCUT2D eigenvalue weighted by atomic mass is 35.5. The number of piperazine rings is 1. The number of nitrogens with zero attached hydrogens (tertiary/aromatic N) is 2. The number of carbonyl (C=O) groups is 1. The molecule has 0 saturated carbocycles. The van der Waals surface area contributed by atoms with Crippen molar-refractivity contribution in [1.82, 2.24) is 4.90 Å². The fourth-order valence-corrected chi connectivity index (χ4v) is 4.73. The molecule has 7 nitrogen and oxygen atoms in total. The van der Waals surface area contributed by atoms with Gasteiger partial charge in [0.05, 0.1) is 29.5 Å². The van der Waals surface area contributed by atoms with Crippen molar-refractivity contribution in [2.24, 2.45) is 5.73 Å². The van der Waals surface area contributed by atoms with Gasteiger partial charge in [-0.2, -0.15) is 0 Å². The summed E-state index contributed by atoms with van der Waals surface area (Å²) in [4.78, 5) is 15.9. The summed E-state index contributed by atoms with van der Waals surface area (Å²) in [5, 5.41) is 20.5. The number of rotatable bonds is 9. The minimum absolute atomic E-state index is 0.0381. The standard InChI is InChI=1S/C27H30ClN3O4/c28-23-16-22(35-15-14-32)10-11-24(23)31-13-12-30(17-25(31)19-4-2-1-3-5-19)18-26(33)20-6-8-21(9-7-20)27(29)34/h1-11,16,25-26,32-33H,12-15,17-18H2,(H2,29,34)/t25-,26?/m0/s1. The van der Waals surface area contributed by atoms with E-state index in [9.17, 15) is 9.90 Å². The lowest BCUT2D eigenvalue weighted by molar-refractivity contribution is 0.0989. The molecule has 1 aliphatic rings. The summed E-state index contributed by atoms with van der Waals surface area (Å²) >= 11 is 6.66. The fraction of sp³-hybridized carbons (Fsp3) is 0.296. The Hall–Kier alpha value is -3.10. The number of primary amides is 1. The molecule has 0 aromatic heterocycles. The second kappa shape index (κ2) is 11.6. The van der Waals surface area contributed by atoms with Crippen LogP contribution in [0.4, 0.5) is 5.69 Å². The second-order valence-corrected chi connectivity index (χ2v) is 8.97. The lowest BCUT2D eigenvalue weighted by Gasteiger charge is -2.44. The predicted molar refractivity (Wildman–Crippen MR) is 137 cm³/mol. The van der Waals surface area contributed by atoms with Crippen LogP contribution in [0.15, 0.2) is 72.8 Å². The molecule has 1 aliphatic heterocycles. The van der Waals surface area contributed by atoms with Gasteiger partial charge >= 0.3 is 0 Å². The van der Waals surface area contributed by atoms with Crippen molar-refractivity contribution in [2.45, 2.75) is 12.1 Å². The highest BCUT2D eigenvalue weighted by Gasteiger charge is 2.30. The average molecular weight is 496 g/mol. The lowest BCUT2D eigenvalue weighted by atomic mass is 10.00. The highest BCUT2D eigenvalue weighted by molar-refractivity contribution is 6.33. The largest absolute Gasteiger partial charge is 0.491 e. The molecule has 0 radical (unpaired) electrons. The number of anilines is 1. The molecular formula is C27H30ClN3O4. The lowest BCUT2D eigenvalue weighted by Crippen LogP contribution is -2.49. The molecule has 184 valence electrons. The minimum Gasteiger partial charge on any atom is -0.491 e. The van der Waals surface area contributed by atoms with Crippen LogP contribution in [0.3, 0.4) is 0 Å². The third kappa shape index (κ3) is 6.13. The third-order valence-electron chi connectivity index (χ3n) is 6.25. The summed E-state index contributed by atoms with van der Waals surface area (Å²) in [6.45, 7) is 2.81. The van der Waals surface area contributed by atoms with Gasteiger partial charge in [0.25, 0.3) is 0 Å². The molecule has 8 heteroatoms. The van der Waals surface area contributed by atoms with Gasteiger partial charge in [-0.15, -0.1) is 0 Å². The Kier molecular flexibility index (Phi) is 8.25. The van der Waals surface area contributed by atoms with Crippen molar-refractivity contribution in [3.05, 3.63) is 94.5 Å². The van der Waals surface area contributed by atoms with Crippen LogP contribution in [-0.2, 0) is 0 Å². The molecule has 1 saturated heterocycles. The minimum atomic E-state index is -0.688. The van der Waals surface area contributed by atoms with Crippen molar-refractivity contribution in [3.63, 3.8) is 0 Å². The topological polar surface area (TPSA) is 99.3 Å². The number of halogens is 1. The SMILES string of the molecule is NC(=O)c1ccc(C(O)CN2CCN(c3ccc(OCCO)cc3Cl)[C@H](c3ccccc3)C2)cc1. The quantitative estimate of drug-likeness (QED) is 0.421. The first-order chi connectivity index (χ1) is 17.0. The third-order valence-corrected chi connectivity index (χ3v) is 6.55. The summed E-state index contributed by atoms with van der Waals surface area (Å²) in [6.07, 6.45) is -0.688. The number of amides is 1. The van der Waals surface area contributed by atoms with Gasteiger partial charge in [0.2, 0.25) is 5.91 Å². The molecule has 1 fully saturated rings. The molecule has 4 rings (SSSR count). The van der Waals surface area contributed by atoms with Gasteiger partial charge in [-0.25, -0.2) is 0 Å². The zero-order valence-electron chi connectivity index (χ0n) is 19.4. The predicted octanol–water partition coefficient (Wildman–Crippen LogP) is 3.41. The number of benzene rings is 3. The first-order valence-electron chi connectivity index (χ1n) is 11.6. The van der Waals surface area contributed by atoms with Crippen LogP contribution in [0.2, 0.25) is 5.02 Å². The van der Waals surface area contributed by atoms with Crippen LogP contribution in [0.5, 0.6) is 5.75 Å². The highest BCUT2D eigenvalue weighted by Crippen LogP contribution is 2.37. The zero-order valence-corrected chi connectivity index (χ0v) is 20.1. The van der Waals surface area contributed by atoms with Gasteiger partial charge in [-0.1, -0.05) is 54.1 Å². The Labute approximate surface area is 210 Å². The molecule has 35 heavy (non-hydrogen) atoms. The van der Waals surface area contributed by atoms with Crippen molar-refractivity contribution in [3.8, 4) is 5.75 Å². The van der Waals surface area contributed by atoms with Gasteiger partial charge in [0, 0.05) is 37.8 Å². The van der Waals surface area contributed by atoms with E-state index in [1.54, 1.807) is 30.3 Å². The van der Waals surface area contributed by atoms with E-state index in [1.165, 1.54) is 0 Å². The molecule has 0 spiro atoms. The molecule has 2 atom stereocenters. The first kappa shape index (κ1) is 25.0. The van der Waals surface area contributed by atoms with Crippen LogP contribution in [0.25, 0.3) is 0 Å². The molecule has 0 aliphatic carbocycles. The van der Waals surface area contributed by atoms with Crippen LogP contribution < -0.4 is 15.4 Å². The number of aliphatic hydroxyl groups is 2. The van der Waals surface area contributed by atoms with Gasteiger partial charge in [-0.05, 0) is 35.4 Å². The Bertz CT molecular complexity index is 1130. The van der Waals surface area contributed by atoms with Gasteiger partial charge in [-0.3, -0.25) is 9.69 Å². The van der Waals surface area contributed by atoms with E-state index < -0.39 is 12.0 Å². The average Bonchev–Trinajstić information content (AvgIpc) is 2.88. The molecule has 4 N–H and O–H groups in total. The summed E-state index contributed by atoms with van der Waals surface area (Å²) in [6, 6.07) is 22.7. The summed E-state index contributed by atoms with van der Waals surface area (Å²) in [5.74, 6) is 0.132. The molecule has 1 heterocycles. The maximum absolute atomic E-state index is 11.3. The van der Waals surface area contributed by atoms with Gasteiger partial charge in [0.15, 0.2) is 0 Å². The molecule has 1 unspecified atom stereocenters. The molecular weight excluding hydrogens is 466 g/mol. The van der Waals surface area contributed by atoms with E-state index in [1.807, 2.05) is 30.3 Å². The Morgan fingerprint density at radius 3 is 2.49 bits per heavy atom. The van der Waals surface area contributed by atoms with Crippen LogP contribution in [0, 0.1) is 0 Å². The van der Waals surface area contributed by atoms with Crippen LogP contribution in [0.1, 0.15) is 33.6 Å². The normalized spacial score (nSPS) is 17.2. The maximum Gasteiger partial charge on any atom is 0.248 e. The van der Waals surface area contributed by atoms with Crippen LogP contribution >= 0.6 is 11.6 Å². The van der Waals surface area contributed by atoms with Crippen molar-refractivity contribution < 1.29 is 19.7 Å². The molecule has 3 aromatic carbocycles. The smallest absolute Gasteiger partial charge is 0.248 e. The van der Waals surface area contributed by atoms with Gasteiger partial charge < -0.3 is 25.6 Å². The summed E-state index contributed by atoms with van der Waals surface area (Å²) in [7, 11) is 0. The van der Waals surface area contributed by atoms with E-state index in [-0.39, 0.29) is 19.3 Å². The van der Waals surface area contributed by atoms with E-state index >= 15 is 0 Å². The van der Waals surface area contributed by atoms with Crippen molar-refractivity contribution in [1.29, 1.82) is 0 Å². The maximum atomic E-state index is 11.3. The number of ether oxygens (including phenoxy) is 1. The number of nitrogens with two attached hydrogens (primary N) is 1. The fourth-order valence-electron chi connectivity index (χ4n) is 4.45. The number of aliphatic hydroxyl groups excluding tert-OH is 2. The Morgan fingerprint density at radius 2 is 1.83 bits per heavy atom. The van der Waals surface area contributed by atoms with Crippen LogP contribution in [-0.4, -0.2) is 60.4 Å². The van der Waals surface area contributed by atoms with Crippen molar-refractivity contribution >= 4 is 23.2 Å². The number of carbonyl (C=O) groups excluding carboxylic acids is 1. The monoisotopic (exact) mass is 495 g/mol. The second-order valence-electron chi connectivity index (χ2n) is 8.57. The zero-order chi connectivity index (χ0) is 24.8. The molecule has 3 aromatic rings. The van der Waals surface area contributed by atoms with Crippen molar-refractivity contribution in [2.75, 3.05) is 44.3 Å². The summed E-state index contributed by atoms with van der Waals surface area (Å²) < 4.78 is 5.50. The molecule has 1 amide bonds. The Morgan fingerprint density at radius 1 is 1.09 bits per heavy atom. The Balaban J connectivity index is 1.52. The van der Waals surface area contributed by atoms with Gasteiger partial charge in [0.1, 0.15) is 12.4 Å². The van der Waals surface area contributed by atoms with E-state index in [0.717, 1.165) is 29.9 Å². The number of hydrogen-bond acceptors (Lipinski definition) is 6.